The predicted molar refractivity (Wildman–Crippen MR) is 69.4 cm³/mol. The third-order valence-corrected chi connectivity index (χ3v) is 3.54. The quantitative estimate of drug-likeness (QED) is 0.797. The van der Waals surface area contributed by atoms with E-state index in [1.54, 1.807) is 17.8 Å². The molecule has 0 saturated heterocycles. The van der Waals surface area contributed by atoms with Gasteiger partial charge >= 0.3 is 0 Å². The van der Waals surface area contributed by atoms with Gasteiger partial charge in [-0.1, -0.05) is 26.8 Å². The van der Waals surface area contributed by atoms with Crippen molar-refractivity contribution < 1.29 is 4.39 Å². The molecule has 16 heavy (non-hydrogen) atoms. The lowest BCUT2D eigenvalue weighted by Gasteiger charge is -2.15. The van der Waals surface area contributed by atoms with Crippen molar-refractivity contribution in [1.82, 2.24) is 0 Å². The molecule has 0 aliphatic carbocycles. The van der Waals surface area contributed by atoms with E-state index in [9.17, 15) is 4.39 Å². The Balaban J connectivity index is 2.94. The first-order valence-electron chi connectivity index (χ1n) is 5.74. The molecule has 3 heteroatoms. The van der Waals surface area contributed by atoms with Gasteiger partial charge in [-0.15, -0.1) is 11.8 Å². The molecule has 1 nitrogen and oxygen atoms in total. The Morgan fingerprint density at radius 2 is 2.06 bits per heavy atom. The van der Waals surface area contributed by atoms with Gasteiger partial charge < -0.3 is 5.73 Å². The van der Waals surface area contributed by atoms with Crippen LogP contribution in [0.5, 0.6) is 0 Å². The molecule has 0 spiro atoms. The Labute approximate surface area is 102 Å². The highest BCUT2D eigenvalue weighted by Crippen LogP contribution is 2.29. The normalized spacial score (nSPS) is 13.1. The number of rotatable bonds is 5. The molecular formula is C13H20FNS. The maximum absolute atomic E-state index is 13.7. The SMILES string of the molecule is CCC(N)Cc1c(F)cccc1SC(C)C. The fourth-order valence-electron chi connectivity index (χ4n) is 1.51. The Morgan fingerprint density at radius 1 is 1.38 bits per heavy atom. The lowest BCUT2D eigenvalue weighted by Crippen LogP contribution is -2.22. The van der Waals surface area contributed by atoms with E-state index in [1.165, 1.54) is 6.07 Å². The van der Waals surface area contributed by atoms with Gasteiger partial charge in [-0.2, -0.15) is 0 Å². The van der Waals surface area contributed by atoms with Crippen LogP contribution in [0.15, 0.2) is 23.1 Å². The van der Waals surface area contributed by atoms with Gasteiger partial charge in [-0.3, -0.25) is 0 Å². The minimum atomic E-state index is -0.130. The smallest absolute Gasteiger partial charge is 0.127 e. The molecule has 0 radical (unpaired) electrons. The number of nitrogens with two attached hydrogens (primary N) is 1. The lowest BCUT2D eigenvalue weighted by molar-refractivity contribution is 0.571. The fraction of sp³-hybridized carbons (Fsp3) is 0.538. The van der Waals surface area contributed by atoms with Gasteiger partial charge in [0.2, 0.25) is 0 Å². The first kappa shape index (κ1) is 13.5. The zero-order chi connectivity index (χ0) is 12.1. The monoisotopic (exact) mass is 241 g/mol. The van der Waals surface area contributed by atoms with Crippen molar-refractivity contribution in [1.29, 1.82) is 0 Å². The van der Waals surface area contributed by atoms with Crippen molar-refractivity contribution in [2.75, 3.05) is 0 Å². The standard InChI is InChI=1S/C13H20FNS/c1-4-10(15)8-11-12(14)6-5-7-13(11)16-9(2)3/h5-7,9-10H,4,8,15H2,1-3H3. The molecule has 90 valence electrons. The number of halogens is 1. The Bertz CT molecular complexity index is 339. The molecule has 1 atom stereocenters. The minimum Gasteiger partial charge on any atom is -0.327 e. The van der Waals surface area contributed by atoms with Crippen LogP contribution in [-0.2, 0) is 6.42 Å². The predicted octanol–water partition coefficient (Wildman–Crippen LogP) is 3.61. The first-order valence-corrected chi connectivity index (χ1v) is 6.62. The molecule has 1 rings (SSSR count). The van der Waals surface area contributed by atoms with Crippen LogP contribution in [0.25, 0.3) is 0 Å². The molecule has 0 aromatic heterocycles. The second kappa shape index (κ2) is 6.26. The topological polar surface area (TPSA) is 26.0 Å². The van der Waals surface area contributed by atoms with Crippen LogP contribution >= 0.6 is 11.8 Å². The molecule has 0 aliphatic heterocycles. The largest absolute Gasteiger partial charge is 0.327 e. The summed E-state index contributed by atoms with van der Waals surface area (Å²) in [5.41, 5.74) is 6.67. The average Bonchev–Trinajstić information content (AvgIpc) is 2.22. The van der Waals surface area contributed by atoms with Gasteiger partial charge in [0.1, 0.15) is 5.82 Å². The van der Waals surface area contributed by atoms with Crippen molar-refractivity contribution >= 4 is 11.8 Å². The summed E-state index contributed by atoms with van der Waals surface area (Å²) >= 11 is 1.70. The molecular weight excluding hydrogens is 221 g/mol. The average molecular weight is 241 g/mol. The highest BCUT2D eigenvalue weighted by molar-refractivity contribution is 8.00. The lowest BCUT2D eigenvalue weighted by atomic mass is 10.0. The summed E-state index contributed by atoms with van der Waals surface area (Å²) in [5.74, 6) is -0.130. The summed E-state index contributed by atoms with van der Waals surface area (Å²) in [6, 6.07) is 5.30. The maximum atomic E-state index is 13.7. The summed E-state index contributed by atoms with van der Waals surface area (Å²) in [5, 5.41) is 0.457. The van der Waals surface area contributed by atoms with Crippen molar-refractivity contribution in [3.05, 3.63) is 29.6 Å². The van der Waals surface area contributed by atoms with Crippen LogP contribution in [0.1, 0.15) is 32.8 Å². The molecule has 1 unspecified atom stereocenters. The molecule has 0 aliphatic rings. The molecule has 0 bridgehead atoms. The van der Waals surface area contributed by atoms with Gasteiger partial charge in [0.25, 0.3) is 0 Å². The summed E-state index contributed by atoms with van der Waals surface area (Å²) in [6.45, 7) is 6.25. The molecule has 0 amide bonds. The van der Waals surface area contributed by atoms with Gasteiger partial charge in [-0.25, -0.2) is 4.39 Å². The zero-order valence-corrected chi connectivity index (χ0v) is 11.0. The van der Waals surface area contributed by atoms with Crippen LogP contribution in [-0.4, -0.2) is 11.3 Å². The van der Waals surface area contributed by atoms with Gasteiger partial charge in [-0.05, 0) is 25.0 Å². The highest BCUT2D eigenvalue weighted by Gasteiger charge is 2.12. The Kier molecular flexibility index (Phi) is 5.29. The summed E-state index contributed by atoms with van der Waals surface area (Å²) in [6.07, 6.45) is 1.50. The second-order valence-electron chi connectivity index (χ2n) is 4.26. The molecule has 0 fully saturated rings. The van der Waals surface area contributed by atoms with Crippen LogP contribution in [0.3, 0.4) is 0 Å². The van der Waals surface area contributed by atoms with Gasteiger partial charge in [0, 0.05) is 21.8 Å². The third-order valence-electron chi connectivity index (χ3n) is 2.43. The first-order chi connectivity index (χ1) is 7.54. The van der Waals surface area contributed by atoms with E-state index in [1.807, 2.05) is 13.0 Å². The molecule has 0 saturated carbocycles. The van der Waals surface area contributed by atoms with E-state index in [2.05, 4.69) is 13.8 Å². The zero-order valence-electron chi connectivity index (χ0n) is 10.2. The Hall–Kier alpha value is -0.540. The van der Waals surface area contributed by atoms with Crippen molar-refractivity contribution in [2.24, 2.45) is 5.73 Å². The van der Waals surface area contributed by atoms with E-state index in [4.69, 9.17) is 5.73 Å². The number of hydrogen-bond donors (Lipinski definition) is 1. The van der Waals surface area contributed by atoms with Crippen LogP contribution in [0.4, 0.5) is 4.39 Å². The van der Waals surface area contributed by atoms with Crippen molar-refractivity contribution in [3.8, 4) is 0 Å². The van der Waals surface area contributed by atoms with E-state index in [0.717, 1.165) is 16.9 Å². The summed E-state index contributed by atoms with van der Waals surface area (Å²) < 4.78 is 13.7. The van der Waals surface area contributed by atoms with E-state index >= 15 is 0 Å². The molecule has 1 aromatic rings. The van der Waals surface area contributed by atoms with E-state index < -0.39 is 0 Å². The maximum Gasteiger partial charge on any atom is 0.127 e. The third kappa shape index (κ3) is 3.80. The van der Waals surface area contributed by atoms with E-state index in [-0.39, 0.29) is 11.9 Å². The fourth-order valence-corrected chi connectivity index (χ4v) is 2.50. The second-order valence-corrected chi connectivity index (χ2v) is 5.87. The molecule has 1 aromatic carbocycles. The summed E-state index contributed by atoms with van der Waals surface area (Å²) in [4.78, 5) is 1.03. The van der Waals surface area contributed by atoms with Gasteiger partial charge in [0.05, 0.1) is 0 Å². The van der Waals surface area contributed by atoms with Crippen LogP contribution < -0.4 is 5.73 Å². The Morgan fingerprint density at radius 3 is 2.62 bits per heavy atom. The number of benzene rings is 1. The van der Waals surface area contributed by atoms with Crippen molar-refractivity contribution in [3.63, 3.8) is 0 Å². The minimum absolute atomic E-state index is 0.0448. The summed E-state index contributed by atoms with van der Waals surface area (Å²) in [7, 11) is 0. The molecule has 2 N–H and O–H groups in total. The van der Waals surface area contributed by atoms with Gasteiger partial charge in [0.15, 0.2) is 0 Å². The molecule has 0 heterocycles. The number of thioether (sulfide) groups is 1. The van der Waals surface area contributed by atoms with Crippen molar-refractivity contribution in [2.45, 2.75) is 49.8 Å². The van der Waals surface area contributed by atoms with Crippen LogP contribution in [0, 0.1) is 5.82 Å². The number of hydrogen-bond acceptors (Lipinski definition) is 2. The van der Waals surface area contributed by atoms with Crippen LogP contribution in [0.2, 0.25) is 0 Å². The highest BCUT2D eigenvalue weighted by atomic mass is 32.2. The van der Waals surface area contributed by atoms with E-state index in [0.29, 0.717) is 11.7 Å².